The molecule has 2 aliphatic rings. The molecule has 0 aromatic heterocycles. The van der Waals surface area contributed by atoms with Crippen LogP contribution in [0.1, 0.15) is 29.3 Å². The highest BCUT2D eigenvalue weighted by Crippen LogP contribution is 2.25. The van der Waals surface area contributed by atoms with Crippen molar-refractivity contribution in [2.75, 3.05) is 40.4 Å². The van der Waals surface area contributed by atoms with Gasteiger partial charge in [0.05, 0.1) is 14.2 Å². The molecule has 2 heterocycles. The van der Waals surface area contributed by atoms with E-state index in [1.54, 1.807) is 42.2 Å². The Morgan fingerprint density at radius 3 is 2.46 bits per heavy atom. The molecular weight excluding hydrogens is 468 g/mol. The van der Waals surface area contributed by atoms with Crippen molar-refractivity contribution in [2.45, 2.75) is 19.4 Å². The maximum absolute atomic E-state index is 13.3. The zero-order valence-corrected chi connectivity index (χ0v) is 20.8. The van der Waals surface area contributed by atoms with Crippen molar-refractivity contribution >= 4 is 34.8 Å². The average molecular weight is 497 g/mol. The molecule has 0 saturated carbocycles. The molecule has 1 saturated heterocycles. The second-order valence-electron chi connectivity index (χ2n) is 8.50. The summed E-state index contributed by atoms with van der Waals surface area (Å²) in [6, 6.07) is 12.6. The largest absolute Gasteiger partial charge is 0.497 e. The second-order valence-corrected chi connectivity index (χ2v) is 8.94. The summed E-state index contributed by atoms with van der Waals surface area (Å²) in [5, 5.41) is 3.76. The van der Waals surface area contributed by atoms with E-state index in [1.165, 1.54) is 0 Å². The van der Waals surface area contributed by atoms with E-state index in [4.69, 9.17) is 21.1 Å². The molecule has 2 aliphatic heterocycles. The molecule has 184 valence electrons. The smallest absolute Gasteiger partial charge is 0.289 e. The molecule has 9 heteroatoms. The van der Waals surface area contributed by atoms with E-state index in [0.29, 0.717) is 60.5 Å². The van der Waals surface area contributed by atoms with Crippen molar-refractivity contribution in [3.8, 4) is 11.5 Å². The van der Waals surface area contributed by atoms with Crippen LogP contribution in [0.3, 0.4) is 0 Å². The topological polar surface area (TPSA) is 83.5 Å². The number of hydrogen-bond donors (Lipinski definition) is 1. The normalized spacial score (nSPS) is 18.1. The molecule has 1 N–H and O–H groups in total. The van der Waals surface area contributed by atoms with Crippen molar-refractivity contribution in [1.82, 2.24) is 15.1 Å². The van der Waals surface area contributed by atoms with Gasteiger partial charge >= 0.3 is 0 Å². The van der Waals surface area contributed by atoms with Crippen molar-refractivity contribution in [3.05, 3.63) is 64.8 Å². The minimum Gasteiger partial charge on any atom is -0.497 e. The number of amides is 2. The van der Waals surface area contributed by atoms with E-state index in [1.807, 2.05) is 37.4 Å². The van der Waals surface area contributed by atoms with Gasteiger partial charge < -0.3 is 24.6 Å². The predicted octanol–water partition coefficient (Wildman–Crippen LogP) is 3.46. The Bertz CT molecular complexity index is 1160. The first-order valence-corrected chi connectivity index (χ1v) is 11.9. The number of hydrogen-bond acceptors (Lipinski definition) is 6. The third-order valence-electron chi connectivity index (χ3n) is 6.21. The number of ether oxygens (including phenoxy) is 2. The van der Waals surface area contributed by atoms with Gasteiger partial charge in [0.15, 0.2) is 5.84 Å². The van der Waals surface area contributed by atoms with Gasteiger partial charge in [0.1, 0.15) is 11.5 Å². The fraction of sp³-hybridized carbons (Fsp3) is 0.346. The number of methoxy groups -OCH3 is 2. The van der Waals surface area contributed by atoms with E-state index in [9.17, 15) is 9.59 Å². The quantitative estimate of drug-likeness (QED) is 0.685. The van der Waals surface area contributed by atoms with Gasteiger partial charge in [-0.15, -0.1) is 0 Å². The van der Waals surface area contributed by atoms with Gasteiger partial charge in [-0.2, -0.15) is 0 Å². The van der Waals surface area contributed by atoms with Crippen LogP contribution in [-0.4, -0.2) is 73.9 Å². The molecule has 0 spiro atoms. The van der Waals surface area contributed by atoms with Gasteiger partial charge in [-0.3, -0.25) is 14.6 Å². The fourth-order valence-electron chi connectivity index (χ4n) is 4.30. The first-order valence-electron chi connectivity index (χ1n) is 11.5. The molecule has 0 aliphatic carbocycles. The molecule has 0 bridgehead atoms. The molecule has 2 aromatic carbocycles. The molecule has 0 radical (unpaired) electrons. The Morgan fingerprint density at radius 1 is 1.06 bits per heavy atom. The first-order chi connectivity index (χ1) is 16.9. The fourth-order valence-corrected chi connectivity index (χ4v) is 4.49. The second kappa shape index (κ2) is 10.8. The molecule has 1 fully saturated rings. The minimum atomic E-state index is -0.170. The Hall–Kier alpha value is -3.52. The summed E-state index contributed by atoms with van der Waals surface area (Å²) in [5.41, 5.74) is 2.53. The first kappa shape index (κ1) is 24.6. The van der Waals surface area contributed by atoms with Gasteiger partial charge in [-0.05, 0) is 48.7 Å². The number of carbonyl (C=O) groups excluding carboxylic acids is 2. The summed E-state index contributed by atoms with van der Waals surface area (Å²) >= 11 is 6.13. The zero-order valence-electron chi connectivity index (χ0n) is 20.1. The van der Waals surface area contributed by atoms with Crippen LogP contribution in [0, 0.1) is 0 Å². The van der Waals surface area contributed by atoms with Gasteiger partial charge in [0, 0.05) is 55.1 Å². The van der Waals surface area contributed by atoms with Crippen LogP contribution in [0.2, 0.25) is 5.02 Å². The summed E-state index contributed by atoms with van der Waals surface area (Å²) in [7, 11) is 3.10. The minimum absolute atomic E-state index is 0.125. The lowest BCUT2D eigenvalue weighted by Crippen LogP contribution is -2.57. The number of carbonyl (C=O) groups is 2. The van der Waals surface area contributed by atoms with Gasteiger partial charge in [-0.1, -0.05) is 23.7 Å². The van der Waals surface area contributed by atoms with Crippen LogP contribution in [0.25, 0.3) is 5.57 Å². The van der Waals surface area contributed by atoms with Crippen LogP contribution < -0.4 is 14.8 Å². The van der Waals surface area contributed by atoms with Crippen LogP contribution in [0.4, 0.5) is 0 Å². The Labute approximate surface area is 210 Å². The summed E-state index contributed by atoms with van der Waals surface area (Å²) < 4.78 is 10.6. The molecule has 2 aromatic rings. The van der Waals surface area contributed by atoms with Crippen molar-refractivity contribution in [3.63, 3.8) is 0 Å². The molecule has 35 heavy (non-hydrogen) atoms. The van der Waals surface area contributed by atoms with Crippen molar-refractivity contribution < 1.29 is 19.1 Å². The lowest BCUT2D eigenvalue weighted by molar-refractivity contribution is -0.128. The number of rotatable bonds is 5. The van der Waals surface area contributed by atoms with E-state index < -0.39 is 0 Å². The summed E-state index contributed by atoms with van der Waals surface area (Å²) in [4.78, 5) is 34.4. The highest BCUT2D eigenvalue weighted by atomic mass is 35.5. The van der Waals surface area contributed by atoms with Crippen molar-refractivity contribution in [1.29, 1.82) is 0 Å². The lowest BCUT2D eigenvalue weighted by Gasteiger charge is -2.40. The van der Waals surface area contributed by atoms with Crippen LogP contribution in [-0.2, 0) is 4.79 Å². The van der Waals surface area contributed by atoms with Crippen molar-refractivity contribution in [2.24, 2.45) is 4.99 Å². The van der Waals surface area contributed by atoms with E-state index >= 15 is 0 Å². The third kappa shape index (κ3) is 5.59. The Morgan fingerprint density at radius 2 is 1.80 bits per heavy atom. The maximum Gasteiger partial charge on any atom is 0.289 e. The Balaban J connectivity index is 1.42. The SMILES string of the molecule is COc1cc(OC)cc(C(=O)N2CCN(C(=O)C3=NCCC(c4cccc(Cl)c4)=CN3)C(C)C2)c1. The number of nitrogens with one attached hydrogen (secondary N) is 1. The molecule has 8 nitrogen and oxygen atoms in total. The summed E-state index contributed by atoms with van der Waals surface area (Å²) in [6.45, 7) is 3.69. The van der Waals surface area contributed by atoms with Crippen LogP contribution in [0.5, 0.6) is 11.5 Å². The molecule has 2 amide bonds. The lowest BCUT2D eigenvalue weighted by atomic mass is 10.0. The number of halogens is 1. The standard InChI is InChI=1S/C26H29ClN4O4/c1-17-16-30(25(32)20-12-22(34-2)14-23(13-20)35-3)9-10-31(17)26(33)24-28-8-7-19(15-29-24)18-5-4-6-21(27)11-18/h4-6,11-15,17H,7-10,16H2,1-3H3,(H,28,29). The van der Waals surface area contributed by atoms with Gasteiger partial charge in [0.2, 0.25) is 0 Å². The van der Waals surface area contributed by atoms with E-state index in [2.05, 4.69) is 10.3 Å². The molecular formula is C26H29ClN4O4. The predicted molar refractivity (Wildman–Crippen MR) is 136 cm³/mol. The number of amidine groups is 1. The summed E-state index contributed by atoms with van der Waals surface area (Å²) in [5.74, 6) is 1.12. The van der Waals surface area contributed by atoms with Crippen LogP contribution in [0.15, 0.2) is 53.7 Å². The number of piperazine rings is 1. The highest BCUT2D eigenvalue weighted by Gasteiger charge is 2.32. The third-order valence-corrected chi connectivity index (χ3v) is 6.44. The van der Waals surface area contributed by atoms with E-state index in [-0.39, 0.29) is 17.9 Å². The zero-order chi connectivity index (χ0) is 24.9. The molecule has 1 unspecified atom stereocenters. The average Bonchev–Trinajstić information content (AvgIpc) is 3.14. The van der Waals surface area contributed by atoms with Gasteiger partial charge in [0.25, 0.3) is 11.8 Å². The Kier molecular flexibility index (Phi) is 7.60. The van der Waals surface area contributed by atoms with Crippen LogP contribution >= 0.6 is 11.6 Å². The van der Waals surface area contributed by atoms with E-state index in [0.717, 1.165) is 11.1 Å². The number of benzene rings is 2. The summed E-state index contributed by atoms with van der Waals surface area (Å²) in [6.07, 6.45) is 2.53. The maximum atomic E-state index is 13.3. The number of nitrogens with zero attached hydrogens (tertiary/aromatic N) is 3. The monoisotopic (exact) mass is 496 g/mol. The molecule has 4 rings (SSSR count). The van der Waals surface area contributed by atoms with Gasteiger partial charge in [-0.25, -0.2) is 0 Å². The molecule has 1 atom stereocenters. The highest BCUT2D eigenvalue weighted by molar-refractivity contribution is 6.38. The number of aliphatic imine (C=N–C) groups is 1.